The Balaban J connectivity index is 0.00000196. The second kappa shape index (κ2) is 7.91. The predicted octanol–water partition coefficient (Wildman–Crippen LogP) is 0.655. The molecule has 15 heavy (non-hydrogen) atoms. The van der Waals surface area contributed by atoms with Gasteiger partial charge in [-0.25, -0.2) is 0 Å². The quantitative estimate of drug-likeness (QED) is 0.729. The highest BCUT2D eigenvalue weighted by Crippen LogP contribution is 2.02. The Morgan fingerprint density at radius 1 is 1.60 bits per heavy atom. The molecule has 0 aliphatic carbocycles. The molecule has 1 fully saturated rings. The number of nitrogens with one attached hydrogen (secondary N) is 1. The number of carbonyl (C=O) groups is 1. The average molecular weight is 237 g/mol. The van der Waals surface area contributed by atoms with Crippen molar-refractivity contribution < 1.29 is 9.53 Å². The number of piperazine rings is 1. The molecule has 1 aliphatic rings. The molecule has 0 aromatic carbocycles. The molecule has 90 valence electrons. The summed E-state index contributed by atoms with van der Waals surface area (Å²) in [6.07, 6.45) is 0.963. The Labute approximate surface area is 97.8 Å². The highest BCUT2D eigenvalue weighted by atomic mass is 35.5. The van der Waals surface area contributed by atoms with Gasteiger partial charge in [0.15, 0.2) is 0 Å². The monoisotopic (exact) mass is 236 g/mol. The average Bonchev–Trinajstić information content (AvgIpc) is 2.18. The zero-order valence-electron chi connectivity index (χ0n) is 9.49. The van der Waals surface area contributed by atoms with Gasteiger partial charge in [0.05, 0.1) is 0 Å². The van der Waals surface area contributed by atoms with Crippen LogP contribution < -0.4 is 5.32 Å². The summed E-state index contributed by atoms with van der Waals surface area (Å²) in [5.74, 6) is 0.118. The van der Waals surface area contributed by atoms with Crippen LogP contribution in [0.15, 0.2) is 0 Å². The molecule has 1 heterocycles. The van der Waals surface area contributed by atoms with Gasteiger partial charge >= 0.3 is 0 Å². The van der Waals surface area contributed by atoms with Gasteiger partial charge in [-0.05, 0) is 13.3 Å². The molecule has 0 aromatic rings. The Morgan fingerprint density at radius 3 is 2.93 bits per heavy atom. The number of hydrogen-bond donors (Lipinski definition) is 1. The minimum atomic E-state index is 0. The van der Waals surface area contributed by atoms with E-state index in [1.54, 1.807) is 0 Å². The van der Waals surface area contributed by atoms with Gasteiger partial charge in [0.1, 0.15) is 6.61 Å². The molecule has 1 unspecified atom stereocenters. The summed E-state index contributed by atoms with van der Waals surface area (Å²) in [6.45, 7) is 7.59. The number of nitrogens with zero attached hydrogens (tertiary/aromatic N) is 1. The molecule has 0 radical (unpaired) electrons. The number of carbonyl (C=O) groups excluding carboxylic acids is 1. The third-order valence-corrected chi connectivity index (χ3v) is 2.40. The molecule has 1 atom stereocenters. The molecular weight excluding hydrogens is 216 g/mol. The van der Waals surface area contributed by atoms with Crippen molar-refractivity contribution in [3.63, 3.8) is 0 Å². The van der Waals surface area contributed by atoms with E-state index in [0.717, 1.165) is 26.1 Å². The van der Waals surface area contributed by atoms with Gasteiger partial charge in [0.25, 0.3) is 0 Å². The SMILES string of the molecule is CCCOCC(=O)N1CCNCC1C.Cl. The Bertz CT molecular complexity index is 190. The van der Waals surface area contributed by atoms with Gasteiger partial charge in [0, 0.05) is 32.3 Å². The molecular formula is C10H21ClN2O2. The van der Waals surface area contributed by atoms with E-state index in [4.69, 9.17) is 4.74 Å². The maximum absolute atomic E-state index is 11.7. The topological polar surface area (TPSA) is 41.6 Å². The Hall–Kier alpha value is -0.320. The normalized spacial score (nSPS) is 20.9. The maximum Gasteiger partial charge on any atom is 0.248 e. The standard InChI is InChI=1S/C10H20N2O2.ClH/c1-3-6-14-8-10(13)12-5-4-11-7-9(12)2;/h9,11H,3-8H2,1-2H3;1H. The molecule has 1 N–H and O–H groups in total. The van der Waals surface area contributed by atoms with Gasteiger partial charge in [-0.15, -0.1) is 12.4 Å². The maximum atomic E-state index is 11.7. The van der Waals surface area contributed by atoms with Crippen molar-refractivity contribution in [2.24, 2.45) is 0 Å². The van der Waals surface area contributed by atoms with E-state index in [-0.39, 0.29) is 24.9 Å². The number of hydrogen-bond acceptors (Lipinski definition) is 3. The lowest BCUT2D eigenvalue weighted by atomic mass is 10.2. The van der Waals surface area contributed by atoms with E-state index in [2.05, 4.69) is 12.2 Å². The second-order valence-electron chi connectivity index (χ2n) is 3.69. The van der Waals surface area contributed by atoms with Gasteiger partial charge < -0.3 is 15.0 Å². The fraction of sp³-hybridized carbons (Fsp3) is 0.900. The second-order valence-corrected chi connectivity index (χ2v) is 3.69. The lowest BCUT2D eigenvalue weighted by molar-refractivity contribution is -0.138. The third kappa shape index (κ3) is 4.82. The van der Waals surface area contributed by atoms with Crippen LogP contribution in [0.5, 0.6) is 0 Å². The van der Waals surface area contributed by atoms with Crippen LogP contribution in [0.2, 0.25) is 0 Å². The fourth-order valence-corrected chi connectivity index (χ4v) is 1.60. The van der Waals surface area contributed by atoms with E-state index in [1.165, 1.54) is 0 Å². The van der Waals surface area contributed by atoms with E-state index < -0.39 is 0 Å². The van der Waals surface area contributed by atoms with Crippen molar-refractivity contribution in [1.29, 1.82) is 0 Å². The van der Waals surface area contributed by atoms with Crippen LogP contribution in [0.25, 0.3) is 0 Å². The molecule has 1 rings (SSSR count). The first-order valence-electron chi connectivity index (χ1n) is 5.33. The van der Waals surface area contributed by atoms with E-state index in [0.29, 0.717) is 12.6 Å². The van der Waals surface area contributed by atoms with Crippen molar-refractivity contribution in [2.75, 3.05) is 32.8 Å². The van der Waals surface area contributed by atoms with E-state index in [9.17, 15) is 4.79 Å². The summed E-state index contributed by atoms with van der Waals surface area (Å²) in [5.41, 5.74) is 0. The largest absolute Gasteiger partial charge is 0.372 e. The fourth-order valence-electron chi connectivity index (χ4n) is 1.60. The molecule has 0 bridgehead atoms. The summed E-state index contributed by atoms with van der Waals surface area (Å²) < 4.78 is 5.23. The van der Waals surface area contributed by atoms with Gasteiger partial charge in [-0.1, -0.05) is 6.92 Å². The van der Waals surface area contributed by atoms with Gasteiger partial charge in [0.2, 0.25) is 5.91 Å². The first kappa shape index (κ1) is 14.7. The lowest BCUT2D eigenvalue weighted by Gasteiger charge is -2.33. The van der Waals surface area contributed by atoms with Crippen molar-refractivity contribution in [2.45, 2.75) is 26.3 Å². The van der Waals surface area contributed by atoms with E-state index in [1.807, 2.05) is 11.8 Å². The van der Waals surface area contributed by atoms with E-state index >= 15 is 0 Å². The molecule has 1 aliphatic heterocycles. The molecule has 4 nitrogen and oxygen atoms in total. The number of rotatable bonds is 4. The van der Waals surface area contributed by atoms with Gasteiger partial charge in [-0.2, -0.15) is 0 Å². The third-order valence-electron chi connectivity index (χ3n) is 2.40. The van der Waals surface area contributed by atoms with Crippen LogP contribution in [-0.2, 0) is 9.53 Å². The smallest absolute Gasteiger partial charge is 0.248 e. The van der Waals surface area contributed by atoms with Crippen molar-refractivity contribution in [1.82, 2.24) is 10.2 Å². The Morgan fingerprint density at radius 2 is 2.33 bits per heavy atom. The summed E-state index contributed by atoms with van der Waals surface area (Å²) in [5, 5.41) is 3.25. The summed E-state index contributed by atoms with van der Waals surface area (Å²) in [7, 11) is 0. The predicted molar refractivity (Wildman–Crippen MR) is 62.4 cm³/mol. The van der Waals surface area contributed by atoms with Crippen LogP contribution >= 0.6 is 12.4 Å². The summed E-state index contributed by atoms with van der Waals surface area (Å²) in [6, 6.07) is 0.293. The van der Waals surface area contributed by atoms with Crippen molar-refractivity contribution in [3.8, 4) is 0 Å². The van der Waals surface area contributed by atoms with Crippen LogP contribution in [0.3, 0.4) is 0 Å². The molecule has 0 spiro atoms. The Kier molecular flexibility index (Phi) is 7.74. The molecule has 1 amide bonds. The van der Waals surface area contributed by atoms with Crippen LogP contribution in [0.1, 0.15) is 20.3 Å². The first-order valence-corrected chi connectivity index (χ1v) is 5.33. The van der Waals surface area contributed by atoms with Crippen molar-refractivity contribution >= 4 is 18.3 Å². The molecule has 0 aromatic heterocycles. The highest BCUT2D eigenvalue weighted by molar-refractivity contribution is 5.85. The summed E-state index contributed by atoms with van der Waals surface area (Å²) >= 11 is 0. The minimum absolute atomic E-state index is 0. The molecule has 0 saturated carbocycles. The van der Waals surface area contributed by atoms with Crippen LogP contribution in [-0.4, -0.2) is 49.7 Å². The van der Waals surface area contributed by atoms with Gasteiger partial charge in [-0.3, -0.25) is 4.79 Å². The number of halogens is 1. The zero-order valence-corrected chi connectivity index (χ0v) is 10.3. The lowest BCUT2D eigenvalue weighted by Crippen LogP contribution is -2.53. The van der Waals surface area contributed by atoms with Crippen LogP contribution in [0.4, 0.5) is 0 Å². The van der Waals surface area contributed by atoms with Crippen LogP contribution in [0, 0.1) is 0 Å². The minimum Gasteiger partial charge on any atom is -0.372 e. The number of ether oxygens (including phenoxy) is 1. The summed E-state index contributed by atoms with van der Waals surface area (Å²) in [4.78, 5) is 13.6. The number of amides is 1. The molecule has 5 heteroatoms. The zero-order chi connectivity index (χ0) is 10.4. The van der Waals surface area contributed by atoms with Crippen molar-refractivity contribution in [3.05, 3.63) is 0 Å². The molecule has 1 saturated heterocycles. The highest BCUT2D eigenvalue weighted by Gasteiger charge is 2.22. The first-order chi connectivity index (χ1) is 6.75.